The highest BCUT2D eigenvalue weighted by atomic mass is 32.2. The van der Waals surface area contributed by atoms with Gasteiger partial charge in [0, 0.05) is 12.6 Å². The predicted molar refractivity (Wildman–Crippen MR) is 91.0 cm³/mol. The van der Waals surface area contributed by atoms with Crippen molar-refractivity contribution in [3.8, 4) is 0 Å². The van der Waals surface area contributed by atoms with Crippen LogP contribution in [0, 0.1) is 6.92 Å². The van der Waals surface area contributed by atoms with Crippen molar-refractivity contribution in [2.24, 2.45) is 0 Å². The van der Waals surface area contributed by atoms with Gasteiger partial charge in [0.05, 0.1) is 24.7 Å². The third-order valence-electron chi connectivity index (χ3n) is 4.13. The van der Waals surface area contributed by atoms with Crippen LogP contribution in [-0.4, -0.2) is 39.5 Å². The van der Waals surface area contributed by atoms with Crippen molar-refractivity contribution < 1.29 is 17.9 Å². The quantitative estimate of drug-likeness (QED) is 0.834. The topological polar surface area (TPSA) is 55.8 Å². The summed E-state index contributed by atoms with van der Waals surface area (Å²) in [6.45, 7) is 2.89. The Morgan fingerprint density at radius 3 is 2.17 bits per heavy atom. The van der Waals surface area contributed by atoms with Gasteiger partial charge in [0.25, 0.3) is 0 Å². The van der Waals surface area contributed by atoms with E-state index >= 15 is 0 Å². The Kier molecular flexibility index (Phi) is 4.73. The molecule has 3 rings (SSSR count). The lowest BCUT2D eigenvalue weighted by molar-refractivity contribution is -0.169. The van der Waals surface area contributed by atoms with Gasteiger partial charge in [-0.05, 0) is 19.1 Å². The van der Waals surface area contributed by atoms with Crippen LogP contribution >= 0.6 is 0 Å². The van der Waals surface area contributed by atoms with E-state index in [1.54, 1.807) is 31.3 Å². The van der Waals surface area contributed by atoms with Gasteiger partial charge in [-0.2, -0.15) is 4.31 Å². The van der Waals surface area contributed by atoms with Gasteiger partial charge in [0.15, 0.2) is 0 Å². The Labute approximate surface area is 142 Å². The van der Waals surface area contributed by atoms with E-state index in [2.05, 4.69) is 0 Å². The molecule has 6 heteroatoms. The number of hydrogen-bond donors (Lipinski definition) is 0. The van der Waals surface area contributed by atoms with Gasteiger partial charge in [0.1, 0.15) is 0 Å². The van der Waals surface area contributed by atoms with Crippen LogP contribution in [0.1, 0.15) is 11.1 Å². The minimum atomic E-state index is -3.62. The molecule has 1 heterocycles. The molecule has 1 fully saturated rings. The largest absolute Gasteiger partial charge is 0.342 e. The standard InChI is InChI=1S/C18H21NO4S/c1-15-8-10-17(11-9-15)24(20,21)19(2)14-18(22-12-13-23-18)16-6-4-3-5-7-16/h3-11H,12-14H2,1-2H3. The molecule has 24 heavy (non-hydrogen) atoms. The number of aryl methyl sites for hydroxylation is 1. The molecule has 1 aliphatic rings. The maximum Gasteiger partial charge on any atom is 0.243 e. The van der Waals surface area contributed by atoms with Gasteiger partial charge in [-0.1, -0.05) is 48.0 Å². The van der Waals surface area contributed by atoms with E-state index in [-0.39, 0.29) is 11.4 Å². The van der Waals surface area contributed by atoms with E-state index in [1.165, 1.54) is 4.31 Å². The van der Waals surface area contributed by atoms with Gasteiger partial charge in [-0.3, -0.25) is 0 Å². The lowest BCUT2D eigenvalue weighted by Crippen LogP contribution is -2.42. The first-order valence-electron chi connectivity index (χ1n) is 7.80. The summed E-state index contributed by atoms with van der Waals surface area (Å²) < 4.78 is 38.6. The van der Waals surface area contributed by atoms with E-state index < -0.39 is 15.8 Å². The molecule has 0 saturated carbocycles. The monoisotopic (exact) mass is 347 g/mol. The van der Waals surface area contributed by atoms with Crippen LogP contribution in [0.15, 0.2) is 59.5 Å². The lowest BCUT2D eigenvalue weighted by Gasteiger charge is -2.31. The van der Waals surface area contributed by atoms with Crippen molar-refractivity contribution in [3.05, 3.63) is 65.7 Å². The second kappa shape index (κ2) is 6.64. The molecule has 0 unspecified atom stereocenters. The van der Waals surface area contributed by atoms with Gasteiger partial charge in [-0.25, -0.2) is 8.42 Å². The molecule has 0 N–H and O–H groups in total. The van der Waals surface area contributed by atoms with Crippen LogP contribution in [0.25, 0.3) is 0 Å². The molecule has 1 saturated heterocycles. The fourth-order valence-electron chi connectivity index (χ4n) is 2.76. The van der Waals surface area contributed by atoms with Crippen molar-refractivity contribution in [1.29, 1.82) is 0 Å². The van der Waals surface area contributed by atoms with Crippen LogP contribution in [-0.2, 0) is 25.3 Å². The number of likely N-dealkylation sites (N-methyl/N-ethyl adjacent to an activating group) is 1. The number of rotatable bonds is 5. The van der Waals surface area contributed by atoms with Crippen LogP contribution in [0.2, 0.25) is 0 Å². The highest BCUT2D eigenvalue weighted by molar-refractivity contribution is 7.89. The Bertz CT molecular complexity index is 782. The zero-order valence-corrected chi connectivity index (χ0v) is 14.6. The Hall–Kier alpha value is -1.73. The first-order chi connectivity index (χ1) is 11.4. The number of nitrogens with zero attached hydrogens (tertiary/aromatic N) is 1. The second-order valence-corrected chi connectivity index (χ2v) is 7.93. The minimum absolute atomic E-state index is 0.0905. The highest BCUT2D eigenvalue weighted by Crippen LogP contribution is 2.33. The lowest BCUT2D eigenvalue weighted by atomic mass is 10.1. The molecule has 0 aromatic heterocycles. The molecule has 2 aromatic carbocycles. The molecule has 0 atom stereocenters. The minimum Gasteiger partial charge on any atom is -0.342 e. The average molecular weight is 347 g/mol. The average Bonchev–Trinajstić information content (AvgIpc) is 3.06. The van der Waals surface area contributed by atoms with Gasteiger partial charge in [-0.15, -0.1) is 0 Å². The summed E-state index contributed by atoms with van der Waals surface area (Å²) in [6.07, 6.45) is 0. The smallest absolute Gasteiger partial charge is 0.243 e. The SMILES string of the molecule is Cc1ccc(S(=O)(=O)N(C)CC2(c3ccccc3)OCCO2)cc1. The molecular weight excluding hydrogens is 326 g/mol. The molecule has 0 radical (unpaired) electrons. The zero-order chi connectivity index (χ0) is 17.2. The molecule has 128 valence electrons. The summed E-state index contributed by atoms with van der Waals surface area (Å²) in [5, 5.41) is 0. The fourth-order valence-corrected chi connectivity index (χ4v) is 3.94. The van der Waals surface area contributed by atoms with Crippen molar-refractivity contribution in [2.75, 3.05) is 26.8 Å². The summed E-state index contributed by atoms with van der Waals surface area (Å²) in [6, 6.07) is 16.3. The number of benzene rings is 2. The van der Waals surface area contributed by atoms with Crippen molar-refractivity contribution >= 4 is 10.0 Å². The van der Waals surface area contributed by atoms with Crippen LogP contribution in [0.5, 0.6) is 0 Å². The molecule has 0 aliphatic carbocycles. The van der Waals surface area contributed by atoms with Crippen molar-refractivity contribution in [2.45, 2.75) is 17.6 Å². The van der Waals surface area contributed by atoms with Gasteiger partial charge >= 0.3 is 0 Å². The number of sulfonamides is 1. The third-order valence-corrected chi connectivity index (χ3v) is 5.94. The Balaban J connectivity index is 1.89. The molecular formula is C18H21NO4S. The summed E-state index contributed by atoms with van der Waals surface area (Å²) in [4.78, 5) is 0.261. The van der Waals surface area contributed by atoms with Crippen molar-refractivity contribution in [3.63, 3.8) is 0 Å². The maximum atomic E-state index is 12.8. The molecule has 0 bridgehead atoms. The number of ether oxygens (including phenoxy) is 2. The highest BCUT2D eigenvalue weighted by Gasteiger charge is 2.42. The van der Waals surface area contributed by atoms with E-state index in [1.807, 2.05) is 37.3 Å². The van der Waals surface area contributed by atoms with Crippen LogP contribution in [0.4, 0.5) is 0 Å². The van der Waals surface area contributed by atoms with Gasteiger partial charge < -0.3 is 9.47 Å². The van der Waals surface area contributed by atoms with E-state index in [0.29, 0.717) is 13.2 Å². The van der Waals surface area contributed by atoms with E-state index in [9.17, 15) is 8.42 Å². The summed E-state index contributed by atoms with van der Waals surface area (Å²) in [5.41, 5.74) is 1.83. The maximum absolute atomic E-state index is 12.8. The third kappa shape index (κ3) is 3.23. The second-order valence-electron chi connectivity index (χ2n) is 5.89. The first-order valence-corrected chi connectivity index (χ1v) is 9.24. The van der Waals surface area contributed by atoms with E-state index in [0.717, 1.165) is 11.1 Å². The Morgan fingerprint density at radius 2 is 1.58 bits per heavy atom. The number of hydrogen-bond acceptors (Lipinski definition) is 4. The molecule has 1 aliphatic heterocycles. The first kappa shape index (κ1) is 17.1. The zero-order valence-electron chi connectivity index (χ0n) is 13.8. The van der Waals surface area contributed by atoms with Crippen LogP contribution in [0.3, 0.4) is 0 Å². The van der Waals surface area contributed by atoms with Crippen molar-refractivity contribution in [1.82, 2.24) is 4.31 Å². The molecule has 5 nitrogen and oxygen atoms in total. The summed E-state index contributed by atoms with van der Waals surface area (Å²) in [5.74, 6) is -1.06. The summed E-state index contributed by atoms with van der Waals surface area (Å²) >= 11 is 0. The molecule has 2 aromatic rings. The Morgan fingerprint density at radius 1 is 1.00 bits per heavy atom. The summed E-state index contributed by atoms with van der Waals surface area (Å²) in [7, 11) is -2.07. The predicted octanol–water partition coefficient (Wildman–Crippen LogP) is 2.52. The van der Waals surface area contributed by atoms with E-state index in [4.69, 9.17) is 9.47 Å². The normalized spacial score (nSPS) is 17.3. The molecule has 0 spiro atoms. The van der Waals surface area contributed by atoms with Gasteiger partial charge in [0.2, 0.25) is 15.8 Å². The molecule has 0 amide bonds. The fraction of sp³-hybridized carbons (Fsp3) is 0.333. The van der Waals surface area contributed by atoms with Crippen LogP contribution < -0.4 is 0 Å².